The molecule has 0 aliphatic heterocycles. The molecule has 25 heavy (non-hydrogen) atoms. The number of benzene rings is 2. The second-order valence-electron chi connectivity index (χ2n) is 6.00. The van der Waals surface area contributed by atoms with Crippen molar-refractivity contribution in [3.05, 3.63) is 69.5 Å². The Hall–Kier alpha value is -2.40. The van der Waals surface area contributed by atoms with Crippen molar-refractivity contribution < 1.29 is 18.7 Å². The second kappa shape index (κ2) is 6.84. The third-order valence-electron chi connectivity index (χ3n) is 4.56. The van der Waals surface area contributed by atoms with Gasteiger partial charge >= 0.3 is 5.97 Å². The lowest BCUT2D eigenvalue weighted by Gasteiger charge is -2.26. The molecule has 0 radical (unpaired) electrons. The van der Waals surface area contributed by atoms with E-state index >= 15 is 0 Å². The number of carbonyl (C=O) groups is 2. The molecule has 0 heterocycles. The molecule has 3 rings (SSSR count). The number of ether oxygens (including phenoxy) is 1. The van der Waals surface area contributed by atoms with Gasteiger partial charge in [-0.2, -0.15) is 0 Å². The number of nitrogens with zero attached hydrogens (tertiary/aromatic N) is 1. The molecular formula is C19H17ClFNO3. The van der Waals surface area contributed by atoms with Crippen LogP contribution in [0.25, 0.3) is 0 Å². The first-order valence-corrected chi connectivity index (χ1v) is 8.23. The second-order valence-corrected chi connectivity index (χ2v) is 6.41. The van der Waals surface area contributed by atoms with Crippen molar-refractivity contribution in [3.8, 4) is 0 Å². The van der Waals surface area contributed by atoms with Crippen LogP contribution in [0.3, 0.4) is 0 Å². The normalized spacial score (nSPS) is 15.6. The third-order valence-corrected chi connectivity index (χ3v) is 4.89. The fourth-order valence-corrected chi connectivity index (χ4v) is 3.42. The minimum atomic E-state index is -0.513. The Bertz CT molecular complexity index is 853. The Balaban J connectivity index is 1.92. The molecule has 0 fully saturated rings. The largest absolute Gasteiger partial charge is 0.465 e. The molecule has 0 saturated heterocycles. The maximum Gasteiger partial charge on any atom is 0.337 e. The predicted molar refractivity (Wildman–Crippen MR) is 92.3 cm³/mol. The summed E-state index contributed by atoms with van der Waals surface area (Å²) in [5, 5.41) is 0.208. The summed E-state index contributed by atoms with van der Waals surface area (Å²) < 4.78 is 18.2. The highest BCUT2D eigenvalue weighted by Gasteiger charge is 2.30. The molecule has 2 aromatic rings. The highest BCUT2D eigenvalue weighted by atomic mass is 35.5. The molecule has 0 aromatic heterocycles. The number of aryl methyl sites for hydroxylation is 1. The number of halogens is 2. The quantitative estimate of drug-likeness (QED) is 0.775. The van der Waals surface area contributed by atoms with Crippen molar-refractivity contribution in [2.45, 2.75) is 18.9 Å². The van der Waals surface area contributed by atoms with Crippen molar-refractivity contribution in [3.63, 3.8) is 0 Å². The van der Waals surface area contributed by atoms with E-state index in [-0.39, 0.29) is 22.5 Å². The van der Waals surface area contributed by atoms with E-state index < -0.39 is 11.8 Å². The van der Waals surface area contributed by atoms with Gasteiger partial charge in [-0.1, -0.05) is 17.7 Å². The molecule has 1 aliphatic rings. The molecule has 0 saturated carbocycles. The zero-order valence-corrected chi connectivity index (χ0v) is 14.6. The number of esters is 1. The first kappa shape index (κ1) is 17.4. The van der Waals surface area contributed by atoms with Crippen LogP contribution < -0.4 is 0 Å². The van der Waals surface area contributed by atoms with Gasteiger partial charge in [0, 0.05) is 7.05 Å². The predicted octanol–water partition coefficient (Wildman–Crippen LogP) is 4.03. The lowest BCUT2D eigenvalue weighted by molar-refractivity contribution is 0.0600. The first-order valence-electron chi connectivity index (χ1n) is 7.85. The van der Waals surface area contributed by atoms with E-state index in [1.54, 1.807) is 24.1 Å². The lowest BCUT2D eigenvalue weighted by atomic mass is 10.0. The fourth-order valence-electron chi connectivity index (χ4n) is 3.22. The van der Waals surface area contributed by atoms with Crippen molar-refractivity contribution in [1.82, 2.24) is 4.90 Å². The van der Waals surface area contributed by atoms with Crippen LogP contribution in [0, 0.1) is 5.82 Å². The highest BCUT2D eigenvalue weighted by molar-refractivity contribution is 6.33. The Kier molecular flexibility index (Phi) is 4.77. The maximum absolute atomic E-state index is 13.5. The summed E-state index contributed by atoms with van der Waals surface area (Å²) >= 11 is 6.05. The van der Waals surface area contributed by atoms with Crippen molar-refractivity contribution in [1.29, 1.82) is 0 Å². The molecule has 1 atom stereocenters. The molecule has 1 aliphatic carbocycles. The van der Waals surface area contributed by atoms with Gasteiger partial charge in [0.1, 0.15) is 5.82 Å². The summed E-state index contributed by atoms with van der Waals surface area (Å²) in [6.45, 7) is 0. The SMILES string of the molecule is COC(=O)c1ccc2c(c1)[C@H](N(C)C(=O)c1cc(F)ccc1Cl)CC2. The highest BCUT2D eigenvalue weighted by Crippen LogP contribution is 2.37. The number of rotatable bonds is 3. The molecule has 130 valence electrons. The zero-order chi connectivity index (χ0) is 18.1. The topological polar surface area (TPSA) is 46.6 Å². The molecule has 1 amide bonds. The zero-order valence-electron chi connectivity index (χ0n) is 13.9. The molecule has 4 nitrogen and oxygen atoms in total. The number of hydrogen-bond acceptors (Lipinski definition) is 3. The van der Waals surface area contributed by atoms with E-state index in [9.17, 15) is 14.0 Å². The number of amides is 1. The van der Waals surface area contributed by atoms with Gasteiger partial charge in [0.15, 0.2) is 0 Å². The van der Waals surface area contributed by atoms with Crippen molar-refractivity contribution in [2.24, 2.45) is 0 Å². The van der Waals surface area contributed by atoms with Crippen LogP contribution in [0.1, 0.15) is 44.3 Å². The summed E-state index contributed by atoms with van der Waals surface area (Å²) in [5.41, 5.74) is 2.56. The number of fused-ring (bicyclic) bond motifs is 1. The van der Waals surface area contributed by atoms with Gasteiger partial charge in [0.25, 0.3) is 5.91 Å². The first-order chi connectivity index (χ1) is 11.9. The molecular weight excluding hydrogens is 345 g/mol. The van der Waals surface area contributed by atoms with Crippen LogP contribution in [0.15, 0.2) is 36.4 Å². The monoisotopic (exact) mass is 361 g/mol. The van der Waals surface area contributed by atoms with Gasteiger partial charge in [-0.15, -0.1) is 0 Å². The van der Waals surface area contributed by atoms with Crippen LogP contribution in [-0.4, -0.2) is 30.9 Å². The Morgan fingerprint density at radius 3 is 2.72 bits per heavy atom. The smallest absolute Gasteiger partial charge is 0.337 e. The standard InChI is InChI=1S/C19H17ClFNO3/c1-22(18(23)15-10-13(21)6-7-16(15)20)17-8-5-11-3-4-12(9-14(11)17)19(24)25-2/h3-4,6-7,9-10,17H,5,8H2,1-2H3/t17-/m1/s1. The fraction of sp³-hybridized carbons (Fsp3) is 0.263. The van der Waals surface area contributed by atoms with E-state index in [1.807, 2.05) is 6.07 Å². The average molecular weight is 362 g/mol. The van der Waals surface area contributed by atoms with Crippen molar-refractivity contribution >= 4 is 23.5 Å². The summed E-state index contributed by atoms with van der Waals surface area (Å²) in [5.74, 6) is -1.29. The summed E-state index contributed by atoms with van der Waals surface area (Å²) in [6.07, 6.45) is 1.53. The van der Waals surface area contributed by atoms with Gasteiger partial charge in [-0.25, -0.2) is 9.18 Å². The van der Waals surface area contributed by atoms with Gasteiger partial charge in [0.05, 0.1) is 29.3 Å². The molecule has 6 heteroatoms. The summed E-state index contributed by atoms with van der Waals surface area (Å²) in [7, 11) is 2.99. The Morgan fingerprint density at radius 1 is 1.24 bits per heavy atom. The minimum absolute atomic E-state index is 0.127. The van der Waals surface area contributed by atoms with Crippen LogP contribution >= 0.6 is 11.6 Å². The number of hydrogen-bond donors (Lipinski definition) is 0. The van der Waals surface area contributed by atoms with Gasteiger partial charge in [-0.05, 0) is 54.3 Å². The number of methoxy groups -OCH3 is 1. The third kappa shape index (κ3) is 3.24. The van der Waals surface area contributed by atoms with Crippen LogP contribution in [0.2, 0.25) is 5.02 Å². The maximum atomic E-state index is 13.5. The van der Waals surface area contributed by atoms with E-state index in [2.05, 4.69) is 0 Å². The molecule has 2 aromatic carbocycles. The van der Waals surface area contributed by atoms with Crippen LogP contribution in [0.5, 0.6) is 0 Å². The van der Waals surface area contributed by atoms with Crippen molar-refractivity contribution in [2.75, 3.05) is 14.2 Å². The lowest BCUT2D eigenvalue weighted by Crippen LogP contribution is -2.30. The van der Waals surface area contributed by atoms with E-state index in [4.69, 9.17) is 16.3 Å². The molecule has 0 bridgehead atoms. The summed E-state index contributed by atoms with van der Waals surface area (Å²) in [6, 6.07) is 8.89. The van der Waals surface area contributed by atoms with E-state index in [1.165, 1.54) is 19.2 Å². The molecule has 0 spiro atoms. The van der Waals surface area contributed by atoms with E-state index in [0.29, 0.717) is 5.56 Å². The van der Waals surface area contributed by atoms with E-state index in [0.717, 1.165) is 30.0 Å². The van der Waals surface area contributed by atoms with Gasteiger partial charge in [0.2, 0.25) is 0 Å². The summed E-state index contributed by atoms with van der Waals surface area (Å²) in [4.78, 5) is 26.1. The Morgan fingerprint density at radius 2 is 2.00 bits per heavy atom. The van der Waals surface area contributed by atoms with Crippen LogP contribution in [-0.2, 0) is 11.2 Å². The molecule has 0 unspecified atom stereocenters. The average Bonchev–Trinajstić information content (AvgIpc) is 3.04. The minimum Gasteiger partial charge on any atom is -0.465 e. The van der Waals surface area contributed by atoms with Crippen LogP contribution in [0.4, 0.5) is 4.39 Å². The number of carbonyl (C=O) groups excluding carboxylic acids is 2. The Labute approximate surface area is 150 Å². The molecule has 0 N–H and O–H groups in total. The van der Waals surface area contributed by atoms with Gasteiger partial charge in [-0.3, -0.25) is 4.79 Å². The van der Waals surface area contributed by atoms with Gasteiger partial charge < -0.3 is 9.64 Å².